The molecule has 21 heavy (non-hydrogen) atoms. The van der Waals surface area contributed by atoms with Crippen LogP contribution in [0.1, 0.15) is 12.8 Å². The Hall–Kier alpha value is -2.37. The van der Waals surface area contributed by atoms with Crippen molar-refractivity contribution in [3.8, 4) is 23.4 Å². The van der Waals surface area contributed by atoms with E-state index < -0.39 is 5.82 Å². The summed E-state index contributed by atoms with van der Waals surface area (Å²) in [6.45, 7) is 0.384. The van der Waals surface area contributed by atoms with Gasteiger partial charge in [0.1, 0.15) is 5.82 Å². The predicted molar refractivity (Wildman–Crippen MR) is 76.6 cm³/mol. The number of nitriles is 2. The number of hydrogen-bond acceptors (Lipinski definition) is 3. The van der Waals surface area contributed by atoms with Gasteiger partial charge >= 0.3 is 0 Å². The molecular weight excluding hydrogens is 291 g/mol. The van der Waals surface area contributed by atoms with Crippen molar-refractivity contribution in [3.63, 3.8) is 0 Å². The third kappa shape index (κ3) is 3.59. The van der Waals surface area contributed by atoms with E-state index in [9.17, 15) is 4.39 Å². The number of benzene rings is 1. The van der Waals surface area contributed by atoms with E-state index in [1.165, 1.54) is 12.1 Å². The summed E-state index contributed by atoms with van der Waals surface area (Å²) < 4.78 is 14.9. The zero-order valence-corrected chi connectivity index (χ0v) is 11.9. The zero-order valence-electron chi connectivity index (χ0n) is 11.1. The minimum absolute atomic E-state index is 0.0431. The van der Waals surface area contributed by atoms with Gasteiger partial charge in [0.2, 0.25) is 0 Å². The molecule has 0 amide bonds. The number of hydrogen-bond donors (Lipinski definition) is 0. The van der Waals surface area contributed by atoms with Crippen molar-refractivity contribution in [3.05, 3.63) is 41.3 Å². The molecule has 0 aliphatic rings. The van der Waals surface area contributed by atoms with Gasteiger partial charge in [0, 0.05) is 18.2 Å². The molecule has 0 bridgehead atoms. The van der Waals surface area contributed by atoms with E-state index >= 15 is 0 Å². The van der Waals surface area contributed by atoms with Gasteiger partial charge in [-0.1, -0.05) is 11.6 Å². The highest BCUT2D eigenvalue weighted by Crippen LogP contribution is 2.25. The van der Waals surface area contributed by atoms with Gasteiger partial charge in [-0.3, -0.25) is 4.68 Å². The molecule has 6 heteroatoms. The summed E-state index contributed by atoms with van der Waals surface area (Å²) in [5, 5.41) is 21.9. The van der Waals surface area contributed by atoms with Crippen molar-refractivity contribution in [1.82, 2.24) is 9.78 Å². The molecule has 0 saturated carbocycles. The van der Waals surface area contributed by atoms with E-state index in [2.05, 4.69) is 11.2 Å². The lowest BCUT2D eigenvalue weighted by Gasteiger charge is -2.11. The quantitative estimate of drug-likeness (QED) is 0.844. The maximum atomic E-state index is 13.2. The molecule has 0 fully saturated rings. The zero-order chi connectivity index (χ0) is 15.2. The number of halogens is 2. The van der Waals surface area contributed by atoms with E-state index in [1.54, 1.807) is 23.0 Å². The number of rotatable bonds is 5. The normalized spacial score (nSPS) is 11.6. The fraction of sp³-hybridized carbons (Fsp3) is 0.267. The van der Waals surface area contributed by atoms with E-state index in [0.717, 1.165) is 11.3 Å². The average Bonchev–Trinajstić information content (AvgIpc) is 2.94. The number of nitrogens with zero attached hydrogens (tertiary/aromatic N) is 4. The molecule has 2 rings (SSSR count). The van der Waals surface area contributed by atoms with Crippen LogP contribution in [0.2, 0.25) is 5.02 Å². The van der Waals surface area contributed by atoms with Gasteiger partial charge < -0.3 is 0 Å². The topological polar surface area (TPSA) is 65.4 Å². The lowest BCUT2D eigenvalue weighted by molar-refractivity contribution is 0.480. The largest absolute Gasteiger partial charge is 0.264 e. The maximum absolute atomic E-state index is 13.2. The first kappa shape index (κ1) is 15.0. The molecule has 106 valence electrons. The van der Waals surface area contributed by atoms with Crippen LogP contribution in [0.5, 0.6) is 0 Å². The van der Waals surface area contributed by atoms with Crippen LogP contribution in [-0.2, 0) is 6.54 Å². The molecule has 0 aliphatic carbocycles. The fourth-order valence-corrected chi connectivity index (χ4v) is 2.20. The molecule has 1 atom stereocenters. The molecule has 1 unspecified atom stereocenters. The third-order valence-corrected chi connectivity index (χ3v) is 3.40. The van der Waals surface area contributed by atoms with Crippen LogP contribution in [0.3, 0.4) is 0 Å². The second-order valence-corrected chi connectivity index (χ2v) is 4.96. The second-order valence-electron chi connectivity index (χ2n) is 4.55. The van der Waals surface area contributed by atoms with Gasteiger partial charge in [0.05, 0.1) is 35.3 Å². The first-order chi connectivity index (χ1) is 10.2. The summed E-state index contributed by atoms with van der Waals surface area (Å²) in [5.41, 5.74) is 1.49. The first-order valence-corrected chi connectivity index (χ1v) is 6.77. The Bertz CT molecular complexity index is 711. The summed E-state index contributed by atoms with van der Waals surface area (Å²) in [5.74, 6) is -0.769. The van der Waals surface area contributed by atoms with Crippen molar-refractivity contribution in [1.29, 1.82) is 10.5 Å². The SMILES string of the molecule is N#CCCC(C#N)Cn1nccc1-c1ccc(F)c(Cl)c1. The van der Waals surface area contributed by atoms with Gasteiger partial charge in [0.25, 0.3) is 0 Å². The molecular formula is C15H12ClFN4. The van der Waals surface area contributed by atoms with Crippen LogP contribution in [0.15, 0.2) is 30.5 Å². The van der Waals surface area contributed by atoms with Gasteiger partial charge in [0.15, 0.2) is 0 Å². The Labute approximate surface area is 127 Å². The van der Waals surface area contributed by atoms with E-state index in [-0.39, 0.29) is 10.9 Å². The molecule has 0 radical (unpaired) electrons. The highest BCUT2D eigenvalue weighted by Gasteiger charge is 2.13. The molecule has 0 saturated heterocycles. The minimum Gasteiger partial charge on any atom is -0.264 e. The summed E-state index contributed by atoms with van der Waals surface area (Å²) >= 11 is 5.79. The van der Waals surface area contributed by atoms with Crippen LogP contribution in [0, 0.1) is 34.4 Å². The Balaban J connectivity index is 2.24. The molecule has 0 spiro atoms. The highest BCUT2D eigenvalue weighted by atomic mass is 35.5. The van der Waals surface area contributed by atoms with Gasteiger partial charge in [-0.15, -0.1) is 0 Å². The lowest BCUT2D eigenvalue weighted by Crippen LogP contribution is -2.11. The van der Waals surface area contributed by atoms with Crippen LogP contribution in [-0.4, -0.2) is 9.78 Å². The fourth-order valence-electron chi connectivity index (χ4n) is 2.02. The van der Waals surface area contributed by atoms with Crippen molar-refractivity contribution >= 4 is 11.6 Å². The van der Waals surface area contributed by atoms with Crippen LogP contribution >= 0.6 is 11.6 Å². The van der Waals surface area contributed by atoms with Crippen LogP contribution in [0.4, 0.5) is 4.39 Å². The van der Waals surface area contributed by atoms with Crippen molar-refractivity contribution in [2.45, 2.75) is 19.4 Å². The van der Waals surface area contributed by atoms with Gasteiger partial charge in [-0.2, -0.15) is 15.6 Å². The van der Waals surface area contributed by atoms with Crippen LogP contribution in [0.25, 0.3) is 11.3 Å². The van der Waals surface area contributed by atoms with E-state index in [0.29, 0.717) is 19.4 Å². The molecule has 0 N–H and O–H groups in total. The Morgan fingerprint density at radius 3 is 2.81 bits per heavy atom. The van der Waals surface area contributed by atoms with Gasteiger partial charge in [-0.25, -0.2) is 4.39 Å². The molecule has 0 aliphatic heterocycles. The van der Waals surface area contributed by atoms with Gasteiger partial charge in [-0.05, 0) is 30.7 Å². The lowest BCUT2D eigenvalue weighted by atomic mass is 10.1. The van der Waals surface area contributed by atoms with E-state index in [1.807, 2.05) is 6.07 Å². The third-order valence-electron chi connectivity index (χ3n) is 3.11. The predicted octanol–water partition coefficient (Wildman–Crippen LogP) is 3.79. The molecule has 1 aromatic carbocycles. The maximum Gasteiger partial charge on any atom is 0.141 e. The Kier molecular flexibility index (Phi) is 4.92. The molecule has 2 aromatic rings. The first-order valence-electron chi connectivity index (χ1n) is 6.39. The minimum atomic E-state index is -0.476. The smallest absolute Gasteiger partial charge is 0.141 e. The summed E-state index contributed by atoms with van der Waals surface area (Å²) in [4.78, 5) is 0. The Morgan fingerprint density at radius 1 is 1.33 bits per heavy atom. The molecule has 1 heterocycles. The monoisotopic (exact) mass is 302 g/mol. The summed E-state index contributed by atoms with van der Waals surface area (Å²) in [6, 6.07) is 10.4. The molecule has 4 nitrogen and oxygen atoms in total. The average molecular weight is 303 g/mol. The molecule has 1 aromatic heterocycles. The van der Waals surface area contributed by atoms with Crippen molar-refractivity contribution < 1.29 is 4.39 Å². The van der Waals surface area contributed by atoms with E-state index in [4.69, 9.17) is 22.1 Å². The highest BCUT2D eigenvalue weighted by molar-refractivity contribution is 6.31. The summed E-state index contributed by atoms with van der Waals surface area (Å²) in [7, 11) is 0. The van der Waals surface area contributed by atoms with Crippen LogP contribution < -0.4 is 0 Å². The van der Waals surface area contributed by atoms with Crippen molar-refractivity contribution in [2.24, 2.45) is 5.92 Å². The van der Waals surface area contributed by atoms with Crippen molar-refractivity contribution in [2.75, 3.05) is 0 Å². The second kappa shape index (κ2) is 6.88. The Morgan fingerprint density at radius 2 is 2.14 bits per heavy atom. The standard InChI is InChI=1S/C15H12ClFN4/c16-13-8-12(3-4-14(13)17)15-5-7-20-21(15)10-11(9-19)2-1-6-18/h3-5,7-8,11H,1-2,10H2. The summed E-state index contributed by atoms with van der Waals surface area (Å²) in [6.07, 6.45) is 2.44. The number of aromatic nitrogens is 2.